The normalized spacial score (nSPS) is 16.7. The molecule has 3 heterocycles. The minimum atomic E-state index is -0.0216. The van der Waals surface area contributed by atoms with Gasteiger partial charge in [-0.3, -0.25) is 4.79 Å². The first-order valence-corrected chi connectivity index (χ1v) is 9.71. The van der Waals surface area contributed by atoms with E-state index in [9.17, 15) is 4.79 Å². The first-order chi connectivity index (χ1) is 12.7. The number of rotatable bonds is 4. The summed E-state index contributed by atoms with van der Waals surface area (Å²) in [6.45, 7) is 0.974. The third-order valence-electron chi connectivity index (χ3n) is 4.86. The van der Waals surface area contributed by atoms with Crippen molar-refractivity contribution in [2.24, 2.45) is 0 Å². The van der Waals surface area contributed by atoms with Crippen LogP contribution < -0.4 is 9.80 Å². The first-order valence-electron chi connectivity index (χ1n) is 8.83. The maximum Gasteiger partial charge on any atom is 0.258 e. The number of anilines is 2. The summed E-state index contributed by atoms with van der Waals surface area (Å²) in [5.74, 6) is 0.861. The first kappa shape index (κ1) is 16.8. The molecule has 1 aliphatic heterocycles. The van der Waals surface area contributed by atoms with Gasteiger partial charge in [0.2, 0.25) is 0 Å². The number of aromatic nitrogens is 1. The molecule has 0 radical (unpaired) electrons. The summed E-state index contributed by atoms with van der Waals surface area (Å²) < 4.78 is 0. The smallest absolute Gasteiger partial charge is 0.258 e. The topological polar surface area (TPSA) is 36.4 Å². The van der Waals surface area contributed by atoms with Crippen molar-refractivity contribution in [3.05, 3.63) is 76.6 Å². The van der Waals surface area contributed by atoms with Crippen molar-refractivity contribution in [1.82, 2.24) is 4.98 Å². The van der Waals surface area contributed by atoms with E-state index in [0.29, 0.717) is 11.6 Å². The zero-order valence-electron chi connectivity index (χ0n) is 14.7. The molecule has 3 aromatic rings. The lowest BCUT2D eigenvalue weighted by atomic mass is 10.1. The van der Waals surface area contributed by atoms with E-state index < -0.39 is 0 Å². The molecule has 1 unspecified atom stereocenters. The number of nitrogens with zero attached hydrogens (tertiary/aromatic N) is 3. The van der Waals surface area contributed by atoms with E-state index in [1.165, 1.54) is 4.88 Å². The molecular weight excluding hydrogens is 342 g/mol. The van der Waals surface area contributed by atoms with Crippen molar-refractivity contribution in [3.63, 3.8) is 0 Å². The second kappa shape index (κ2) is 7.30. The molecule has 5 heteroatoms. The van der Waals surface area contributed by atoms with E-state index in [2.05, 4.69) is 27.4 Å². The minimum Gasteiger partial charge on any atom is -0.349 e. The molecule has 0 aliphatic carbocycles. The van der Waals surface area contributed by atoms with Crippen LogP contribution in [0, 0.1) is 0 Å². The summed E-state index contributed by atoms with van der Waals surface area (Å²) >= 11 is 1.79. The van der Waals surface area contributed by atoms with E-state index in [4.69, 9.17) is 0 Å². The molecule has 132 valence electrons. The number of amides is 1. The molecule has 2 aromatic heterocycles. The highest BCUT2D eigenvalue weighted by atomic mass is 32.1. The fraction of sp³-hybridized carbons (Fsp3) is 0.238. The second-order valence-electron chi connectivity index (χ2n) is 6.47. The molecular formula is C21H21N3OS. The Morgan fingerprint density at radius 1 is 1.19 bits per heavy atom. The summed E-state index contributed by atoms with van der Waals surface area (Å²) in [4.78, 5) is 22.8. The highest BCUT2D eigenvalue weighted by Gasteiger charge is 2.28. The molecule has 4 nitrogen and oxygen atoms in total. The maximum atomic E-state index is 12.9. The largest absolute Gasteiger partial charge is 0.349 e. The molecule has 4 rings (SSSR count). The summed E-state index contributed by atoms with van der Waals surface area (Å²) in [5, 5.41) is 2.12. The molecule has 1 aliphatic rings. The zero-order chi connectivity index (χ0) is 17.9. The standard InChI is InChI=1S/C21H21N3OS/c1-23(17-7-3-2-4-8-17)21(25)16-11-12-22-20(15-16)24-13-5-9-18(24)19-10-6-14-26-19/h2-4,6-8,10-12,14-15,18H,5,9,13H2,1H3. The third kappa shape index (κ3) is 3.22. The van der Waals surface area contributed by atoms with Gasteiger partial charge in [0.15, 0.2) is 0 Å². The Balaban J connectivity index is 1.59. The lowest BCUT2D eigenvalue weighted by molar-refractivity contribution is 0.0993. The molecule has 1 fully saturated rings. The van der Waals surface area contributed by atoms with Gasteiger partial charge in [0.1, 0.15) is 5.82 Å². The van der Waals surface area contributed by atoms with Crippen LogP contribution >= 0.6 is 11.3 Å². The Morgan fingerprint density at radius 2 is 2.04 bits per heavy atom. The lowest BCUT2D eigenvalue weighted by Crippen LogP contribution is -2.27. The monoisotopic (exact) mass is 363 g/mol. The number of carbonyl (C=O) groups is 1. The molecule has 0 spiro atoms. The van der Waals surface area contributed by atoms with Gasteiger partial charge < -0.3 is 9.80 Å². The van der Waals surface area contributed by atoms with Crippen LogP contribution in [0.3, 0.4) is 0 Å². The predicted molar refractivity (Wildman–Crippen MR) is 107 cm³/mol. The molecule has 1 aromatic carbocycles. The number of thiophene rings is 1. The van der Waals surface area contributed by atoms with Crippen molar-refractivity contribution >= 4 is 28.7 Å². The van der Waals surface area contributed by atoms with Crippen LogP contribution in [-0.4, -0.2) is 24.5 Å². The molecule has 0 saturated carbocycles. The molecule has 0 N–H and O–H groups in total. The lowest BCUT2D eigenvalue weighted by Gasteiger charge is -2.25. The number of para-hydroxylation sites is 1. The quantitative estimate of drug-likeness (QED) is 0.670. The van der Waals surface area contributed by atoms with Crippen molar-refractivity contribution in [1.29, 1.82) is 0 Å². The van der Waals surface area contributed by atoms with Gasteiger partial charge in [-0.25, -0.2) is 4.98 Å². The molecule has 1 saturated heterocycles. The molecule has 1 amide bonds. The Kier molecular flexibility index (Phi) is 4.71. The molecule has 1 atom stereocenters. The SMILES string of the molecule is CN(C(=O)c1ccnc(N2CCCC2c2cccs2)c1)c1ccccc1. The van der Waals surface area contributed by atoms with Crippen LogP contribution in [0.4, 0.5) is 11.5 Å². The van der Waals surface area contributed by atoms with E-state index in [0.717, 1.165) is 30.9 Å². The Hall–Kier alpha value is -2.66. The average Bonchev–Trinajstić information content (AvgIpc) is 3.39. The fourth-order valence-corrected chi connectivity index (χ4v) is 4.36. The van der Waals surface area contributed by atoms with E-state index in [1.54, 1.807) is 28.5 Å². The Bertz CT molecular complexity index is 879. The third-order valence-corrected chi connectivity index (χ3v) is 5.83. The molecule has 26 heavy (non-hydrogen) atoms. The van der Waals surface area contributed by atoms with Crippen LogP contribution in [0.25, 0.3) is 0 Å². The van der Waals surface area contributed by atoms with Crippen LogP contribution in [0.1, 0.15) is 34.1 Å². The van der Waals surface area contributed by atoms with Crippen molar-refractivity contribution in [2.45, 2.75) is 18.9 Å². The van der Waals surface area contributed by atoms with Gasteiger partial charge in [-0.2, -0.15) is 0 Å². The van der Waals surface area contributed by atoms with Gasteiger partial charge in [0, 0.05) is 35.9 Å². The summed E-state index contributed by atoms with van der Waals surface area (Å²) in [7, 11) is 1.81. The zero-order valence-corrected chi connectivity index (χ0v) is 15.5. The van der Waals surface area contributed by atoms with Crippen LogP contribution in [0.5, 0.6) is 0 Å². The summed E-state index contributed by atoms with van der Waals surface area (Å²) in [6, 6.07) is 18.1. The summed E-state index contributed by atoms with van der Waals surface area (Å²) in [6.07, 6.45) is 4.02. The summed E-state index contributed by atoms with van der Waals surface area (Å²) in [5.41, 5.74) is 1.55. The van der Waals surface area contributed by atoms with Gasteiger partial charge >= 0.3 is 0 Å². The van der Waals surface area contributed by atoms with Gasteiger partial charge in [-0.15, -0.1) is 11.3 Å². The molecule has 0 bridgehead atoms. The number of pyridine rings is 1. The van der Waals surface area contributed by atoms with E-state index in [1.807, 2.05) is 43.4 Å². The fourth-order valence-electron chi connectivity index (χ4n) is 3.49. The Morgan fingerprint density at radius 3 is 2.81 bits per heavy atom. The Labute approximate surface area is 157 Å². The van der Waals surface area contributed by atoms with Gasteiger partial charge in [0.05, 0.1) is 6.04 Å². The highest BCUT2D eigenvalue weighted by Crippen LogP contribution is 2.37. The van der Waals surface area contributed by atoms with Crippen molar-refractivity contribution < 1.29 is 4.79 Å². The van der Waals surface area contributed by atoms with Gasteiger partial charge in [-0.1, -0.05) is 24.3 Å². The van der Waals surface area contributed by atoms with E-state index in [-0.39, 0.29) is 5.91 Å². The van der Waals surface area contributed by atoms with Crippen molar-refractivity contribution in [2.75, 3.05) is 23.4 Å². The van der Waals surface area contributed by atoms with E-state index >= 15 is 0 Å². The number of hydrogen-bond acceptors (Lipinski definition) is 4. The minimum absolute atomic E-state index is 0.0216. The van der Waals surface area contributed by atoms with Gasteiger partial charge in [0.25, 0.3) is 5.91 Å². The van der Waals surface area contributed by atoms with Gasteiger partial charge in [-0.05, 0) is 48.6 Å². The maximum absolute atomic E-state index is 12.9. The van der Waals surface area contributed by atoms with Crippen molar-refractivity contribution in [3.8, 4) is 0 Å². The van der Waals surface area contributed by atoms with Crippen LogP contribution in [0.15, 0.2) is 66.2 Å². The predicted octanol–water partition coefficient (Wildman–Crippen LogP) is 4.76. The number of benzene rings is 1. The average molecular weight is 363 g/mol. The second-order valence-corrected chi connectivity index (χ2v) is 7.45. The number of carbonyl (C=O) groups excluding carboxylic acids is 1. The number of hydrogen-bond donors (Lipinski definition) is 0. The van der Waals surface area contributed by atoms with Crippen LogP contribution in [0.2, 0.25) is 0 Å². The highest BCUT2D eigenvalue weighted by molar-refractivity contribution is 7.10. The van der Waals surface area contributed by atoms with Crippen LogP contribution in [-0.2, 0) is 0 Å².